The highest BCUT2D eigenvalue weighted by Crippen LogP contribution is 2.19. The molecule has 1 aromatic rings. The number of hydrogen-bond acceptors (Lipinski definition) is 2. The van der Waals surface area contributed by atoms with Crippen LogP contribution < -0.4 is 10.1 Å². The molecule has 1 fully saturated rings. The molecule has 1 aliphatic rings. The zero-order valence-corrected chi connectivity index (χ0v) is 10.2. The number of ether oxygens (including phenoxy) is 1. The van der Waals surface area contributed by atoms with Crippen LogP contribution in [0.3, 0.4) is 0 Å². The third kappa shape index (κ3) is 3.48. The SMILES string of the molecule is Cc1ccccc1OC(=O)NC1CCCCC1. The van der Waals surface area contributed by atoms with Crippen LogP contribution in [0.1, 0.15) is 37.7 Å². The van der Waals surface area contributed by atoms with Crippen LogP contribution in [-0.2, 0) is 0 Å². The second kappa shape index (κ2) is 5.71. The highest BCUT2D eigenvalue weighted by Gasteiger charge is 2.16. The first kappa shape index (κ1) is 12.0. The van der Waals surface area contributed by atoms with Gasteiger partial charge in [-0.15, -0.1) is 0 Å². The fourth-order valence-corrected chi connectivity index (χ4v) is 2.21. The molecule has 0 saturated heterocycles. The lowest BCUT2D eigenvalue weighted by atomic mass is 9.96. The Labute approximate surface area is 102 Å². The third-order valence-electron chi connectivity index (χ3n) is 3.22. The molecule has 0 unspecified atom stereocenters. The van der Waals surface area contributed by atoms with Gasteiger partial charge in [0, 0.05) is 6.04 Å². The second-order valence-electron chi connectivity index (χ2n) is 4.63. The lowest BCUT2D eigenvalue weighted by molar-refractivity contribution is 0.191. The summed E-state index contributed by atoms with van der Waals surface area (Å²) in [5.41, 5.74) is 0.978. The summed E-state index contributed by atoms with van der Waals surface area (Å²) in [6, 6.07) is 7.84. The number of aryl methyl sites for hydroxylation is 1. The summed E-state index contributed by atoms with van der Waals surface area (Å²) in [6.45, 7) is 1.93. The predicted octanol–water partition coefficient (Wildman–Crippen LogP) is 3.42. The van der Waals surface area contributed by atoms with Gasteiger partial charge in [-0.3, -0.25) is 0 Å². The van der Waals surface area contributed by atoms with Crippen molar-refractivity contribution in [2.24, 2.45) is 0 Å². The molecule has 17 heavy (non-hydrogen) atoms. The average Bonchev–Trinajstić information content (AvgIpc) is 2.33. The first-order valence-electron chi connectivity index (χ1n) is 6.29. The van der Waals surface area contributed by atoms with Crippen molar-refractivity contribution in [2.45, 2.75) is 45.1 Å². The molecule has 0 atom stereocenters. The number of nitrogens with one attached hydrogen (secondary N) is 1. The van der Waals surface area contributed by atoms with Gasteiger partial charge in [0.05, 0.1) is 0 Å². The Morgan fingerprint density at radius 1 is 1.24 bits per heavy atom. The zero-order valence-electron chi connectivity index (χ0n) is 10.2. The molecule has 0 radical (unpaired) electrons. The summed E-state index contributed by atoms with van der Waals surface area (Å²) in [6.07, 6.45) is 5.51. The van der Waals surface area contributed by atoms with E-state index in [-0.39, 0.29) is 6.09 Å². The summed E-state index contributed by atoms with van der Waals surface area (Å²) in [5, 5.41) is 2.93. The molecule has 1 amide bonds. The average molecular weight is 233 g/mol. The van der Waals surface area contributed by atoms with Gasteiger partial charge >= 0.3 is 6.09 Å². The van der Waals surface area contributed by atoms with Crippen molar-refractivity contribution in [1.29, 1.82) is 0 Å². The van der Waals surface area contributed by atoms with Gasteiger partial charge in [-0.05, 0) is 31.4 Å². The highest BCUT2D eigenvalue weighted by atomic mass is 16.6. The lowest BCUT2D eigenvalue weighted by Crippen LogP contribution is -2.38. The predicted molar refractivity (Wildman–Crippen MR) is 67.2 cm³/mol. The highest BCUT2D eigenvalue weighted by molar-refractivity contribution is 5.71. The van der Waals surface area contributed by atoms with Crippen LogP contribution in [0.25, 0.3) is 0 Å². The Bertz CT molecular complexity index is 384. The Balaban J connectivity index is 1.86. The zero-order chi connectivity index (χ0) is 12.1. The number of rotatable bonds is 2. The molecule has 0 aromatic heterocycles. The number of carbonyl (C=O) groups excluding carboxylic acids is 1. The van der Waals surface area contributed by atoms with E-state index in [1.165, 1.54) is 19.3 Å². The first-order chi connectivity index (χ1) is 8.25. The Morgan fingerprint density at radius 3 is 2.65 bits per heavy atom. The van der Waals surface area contributed by atoms with Crippen molar-refractivity contribution < 1.29 is 9.53 Å². The minimum Gasteiger partial charge on any atom is -0.410 e. The van der Waals surface area contributed by atoms with Crippen molar-refractivity contribution in [3.8, 4) is 5.75 Å². The molecular weight excluding hydrogens is 214 g/mol. The Hall–Kier alpha value is -1.51. The number of para-hydroxylation sites is 1. The molecule has 92 valence electrons. The second-order valence-corrected chi connectivity index (χ2v) is 4.63. The normalized spacial score (nSPS) is 16.5. The minimum atomic E-state index is -0.328. The molecular formula is C14H19NO2. The number of hydrogen-bond donors (Lipinski definition) is 1. The number of amides is 1. The maximum atomic E-state index is 11.7. The van der Waals surface area contributed by atoms with Crippen LogP contribution in [0, 0.1) is 6.92 Å². The maximum absolute atomic E-state index is 11.7. The number of benzene rings is 1. The van der Waals surface area contributed by atoms with E-state index in [0.717, 1.165) is 18.4 Å². The van der Waals surface area contributed by atoms with Crippen molar-refractivity contribution in [1.82, 2.24) is 5.32 Å². The van der Waals surface area contributed by atoms with Gasteiger partial charge in [-0.2, -0.15) is 0 Å². The van der Waals surface area contributed by atoms with Crippen LogP contribution in [0.5, 0.6) is 5.75 Å². The molecule has 2 rings (SSSR count). The molecule has 1 aromatic carbocycles. The maximum Gasteiger partial charge on any atom is 0.412 e. The van der Waals surface area contributed by atoms with Gasteiger partial charge in [-0.25, -0.2) is 4.79 Å². The van der Waals surface area contributed by atoms with Gasteiger partial charge in [0.25, 0.3) is 0 Å². The van der Waals surface area contributed by atoms with E-state index in [1.807, 2.05) is 31.2 Å². The van der Waals surface area contributed by atoms with Crippen LogP contribution in [-0.4, -0.2) is 12.1 Å². The monoisotopic (exact) mass is 233 g/mol. The topological polar surface area (TPSA) is 38.3 Å². The Morgan fingerprint density at radius 2 is 1.94 bits per heavy atom. The van der Waals surface area contributed by atoms with Crippen LogP contribution in [0.15, 0.2) is 24.3 Å². The van der Waals surface area contributed by atoms with Gasteiger partial charge in [0.15, 0.2) is 0 Å². The molecule has 1 N–H and O–H groups in total. The molecule has 0 spiro atoms. The molecule has 1 saturated carbocycles. The summed E-state index contributed by atoms with van der Waals surface area (Å²) in [5.74, 6) is 0.640. The summed E-state index contributed by atoms with van der Waals surface area (Å²) in [4.78, 5) is 11.7. The van der Waals surface area contributed by atoms with Crippen LogP contribution in [0.4, 0.5) is 4.79 Å². The minimum absolute atomic E-state index is 0.292. The summed E-state index contributed by atoms with van der Waals surface area (Å²) in [7, 11) is 0. The van der Waals surface area contributed by atoms with E-state index in [2.05, 4.69) is 5.32 Å². The molecule has 0 aliphatic heterocycles. The quantitative estimate of drug-likeness (QED) is 0.850. The van der Waals surface area contributed by atoms with E-state index < -0.39 is 0 Å². The first-order valence-corrected chi connectivity index (χ1v) is 6.29. The van der Waals surface area contributed by atoms with Gasteiger partial charge < -0.3 is 10.1 Å². The lowest BCUT2D eigenvalue weighted by Gasteiger charge is -2.22. The van der Waals surface area contributed by atoms with E-state index >= 15 is 0 Å². The standard InChI is InChI=1S/C14H19NO2/c1-11-7-5-6-10-13(11)17-14(16)15-12-8-3-2-4-9-12/h5-7,10,12H,2-4,8-9H2,1H3,(H,15,16). The van der Waals surface area contributed by atoms with Crippen LogP contribution in [0.2, 0.25) is 0 Å². The van der Waals surface area contributed by atoms with E-state index in [1.54, 1.807) is 0 Å². The molecule has 0 heterocycles. The van der Waals surface area contributed by atoms with E-state index in [4.69, 9.17) is 4.74 Å². The van der Waals surface area contributed by atoms with E-state index in [0.29, 0.717) is 11.8 Å². The fraction of sp³-hybridized carbons (Fsp3) is 0.500. The molecule has 1 aliphatic carbocycles. The van der Waals surface area contributed by atoms with E-state index in [9.17, 15) is 4.79 Å². The van der Waals surface area contributed by atoms with Gasteiger partial charge in [0.1, 0.15) is 5.75 Å². The number of carbonyl (C=O) groups is 1. The van der Waals surface area contributed by atoms with Crippen molar-refractivity contribution in [3.63, 3.8) is 0 Å². The fourth-order valence-electron chi connectivity index (χ4n) is 2.21. The summed E-state index contributed by atoms with van der Waals surface area (Å²) < 4.78 is 5.30. The largest absolute Gasteiger partial charge is 0.412 e. The smallest absolute Gasteiger partial charge is 0.410 e. The van der Waals surface area contributed by atoms with Gasteiger partial charge in [-0.1, -0.05) is 37.5 Å². The molecule has 3 heteroatoms. The van der Waals surface area contributed by atoms with Crippen molar-refractivity contribution in [3.05, 3.63) is 29.8 Å². The van der Waals surface area contributed by atoms with Crippen LogP contribution >= 0.6 is 0 Å². The molecule has 0 bridgehead atoms. The van der Waals surface area contributed by atoms with Crippen molar-refractivity contribution in [2.75, 3.05) is 0 Å². The van der Waals surface area contributed by atoms with Gasteiger partial charge in [0.2, 0.25) is 0 Å². The third-order valence-corrected chi connectivity index (χ3v) is 3.22. The Kier molecular flexibility index (Phi) is 4.02. The van der Waals surface area contributed by atoms with Crippen molar-refractivity contribution >= 4 is 6.09 Å². The molecule has 3 nitrogen and oxygen atoms in total. The summed E-state index contributed by atoms with van der Waals surface area (Å²) >= 11 is 0.